The van der Waals surface area contributed by atoms with Crippen LogP contribution in [0.3, 0.4) is 0 Å². The number of likely N-dealkylation sites (N-methyl/N-ethyl adjacent to an activating group) is 1. The smallest absolute Gasteiger partial charge is 0.233 e. The largest absolute Gasteiger partial charge is 0.361 e. The summed E-state index contributed by atoms with van der Waals surface area (Å²) in [7, 11) is 1.83. The van der Waals surface area contributed by atoms with E-state index in [-0.39, 0.29) is 5.91 Å². The second-order valence-corrected chi connectivity index (χ2v) is 6.49. The van der Waals surface area contributed by atoms with Gasteiger partial charge in [-0.3, -0.25) is 4.79 Å². The summed E-state index contributed by atoms with van der Waals surface area (Å²) in [5.74, 6) is 0.902. The molecular formula is C17H19ClN2O2. The lowest BCUT2D eigenvalue weighted by Crippen LogP contribution is -2.36. The van der Waals surface area contributed by atoms with Gasteiger partial charge in [-0.25, -0.2) is 0 Å². The molecule has 0 atom stereocenters. The Bertz CT molecular complexity index is 700. The van der Waals surface area contributed by atoms with Crippen LogP contribution < -0.4 is 0 Å². The zero-order chi connectivity index (χ0) is 15.9. The third-order valence-electron chi connectivity index (χ3n) is 4.46. The second-order valence-electron chi connectivity index (χ2n) is 6.06. The van der Waals surface area contributed by atoms with Crippen molar-refractivity contribution in [3.05, 3.63) is 51.9 Å². The number of carbonyl (C=O) groups is 1. The van der Waals surface area contributed by atoms with Crippen LogP contribution in [0.2, 0.25) is 5.02 Å². The average Bonchev–Trinajstić information content (AvgIpc) is 3.25. The topological polar surface area (TPSA) is 46.3 Å². The first-order valence-corrected chi connectivity index (χ1v) is 7.75. The summed E-state index contributed by atoms with van der Waals surface area (Å²) in [6, 6.07) is 7.62. The standard InChI is InChI=1S/C17H19ClN2O2/c1-11-15(12(2)22-19-11)10-20(3)16(21)17(7-8-17)13-5-4-6-14(18)9-13/h4-6,9H,7-8,10H2,1-3H3. The number of hydrogen-bond acceptors (Lipinski definition) is 3. The molecule has 1 aromatic heterocycles. The van der Waals surface area contributed by atoms with E-state index in [1.807, 2.05) is 45.2 Å². The number of nitrogens with zero attached hydrogens (tertiary/aromatic N) is 2. The van der Waals surface area contributed by atoms with Gasteiger partial charge in [-0.05, 0) is 44.4 Å². The molecule has 116 valence electrons. The molecule has 1 fully saturated rings. The Morgan fingerprint density at radius 2 is 2.14 bits per heavy atom. The first-order valence-electron chi connectivity index (χ1n) is 7.37. The average molecular weight is 319 g/mol. The van der Waals surface area contributed by atoms with Crippen molar-refractivity contribution in [2.75, 3.05) is 7.05 Å². The Morgan fingerprint density at radius 1 is 1.41 bits per heavy atom. The van der Waals surface area contributed by atoms with Crippen molar-refractivity contribution in [1.82, 2.24) is 10.1 Å². The van der Waals surface area contributed by atoms with E-state index in [4.69, 9.17) is 16.1 Å². The molecule has 1 heterocycles. The maximum Gasteiger partial charge on any atom is 0.233 e. The number of aromatic nitrogens is 1. The molecule has 4 nitrogen and oxygen atoms in total. The van der Waals surface area contributed by atoms with Gasteiger partial charge in [-0.1, -0.05) is 28.9 Å². The third-order valence-corrected chi connectivity index (χ3v) is 4.69. The van der Waals surface area contributed by atoms with Crippen molar-refractivity contribution in [2.24, 2.45) is 0 Å². The van der Waals surface area contributed by atoms with Crippen LogP contribution in [0.1, 0.15) is 35.4 Å². The summed E-state index contributed by atoms with van der Waals surface area (Å²) in [5, 5.41) is 4.62. The zero-order valence-electron chi connectivity index (χ0n) is 13.0. The summed E-state index contributed by atoms with van der Waals surface area (Å²) in [6.45, 7) is 4.29. The van der Waals surface area contributed by atoms with Gasteiger partial charge in [0.2, 0.25) is 5.91 Å². The molecule has 3 rings (SSSR count). The second kappa shape index (κ2) is 5.43. The SMILES string of the molecule is Cc1noc(C)c1CN(C)C(=O)C1(c2cccc(Cl)c2)CC1. The minimum atomic E-state index is -0.404. The molecule has 1 amide bonds. The first-order chi connectivity index (χ1) is 10.4. The summed E-state index contributed by atoms with van der Waals surface area (Å²) in [6.07, 6.45) is 1.75. The number of hydrogen-bond donors (Lipinski definition) is 0. The van der Waals surface area contributed by atoms with Gasteiger partial charge < -0.3 is 9.42 Å². The molecule has 22 heavy (non-hydrogen) atoms. The molecule has 0 bridgehead atoms. The van der Waals surface area contributed by atoms with Crippen LogP contribution >= 0.6 is 11.6 Å². The van der Waals surface area contributed by atoms with Crippen LogP contribution in [0.25, 0.3) is 0 Å². The highest BCUT2D eigenvalue weighted by molar-refractivity contribution is 6.30. The monoisotopic (exact) mass is 318 g/mol. The van der Waals surface area contributed by atoms with Crippen LogP contribution in [0.15, 0.2) is 28.8 Å². The summed E-state index contributed by atoms with van der Waals surface area (Å²) in [5.41, 5.74) is 2.43. The minimum Gasteiger partial charge on any atom is -0.361 e. The number of halogens is 1. The fourth-order valence-corrected chi connectivity index (χ4v) is 3.13. The highest BCUT2D eigenvalue weighted by Crippen LogP contribution is 2.50. The molecule has 1 aliphatic carbocycles. The number of rotatable bonds is 4. The van der Waals surface area contributed by atoms with Crippen LogP contribution in [0.5, 0.6) is 0 Å². The summed E-state index contributed by atoms with van der Waals surface area (Å²) in [4.78, 5) is 14.7. The molecule has 2 aromatic rings. The third kappa shape index (κ3) is 2.52. The zero-order valence-corrected chi connectivity index (χ0v) is 13.8. The Morgan fingerprint density at radius 3 is 2.68 bits per heavy atom. The van der Waals surface area contributed by atoms with Gasteiger partial charge in [-0.15, -0.1) is 0 Å². The molecule has 0 aliphatic heterocycles. The Hall–Kier alpha value is -1.81. The van der Waals surface area contributed by atoms with Gasteiger partial charge >= 0.3 is 0 Å². The van der Waals surface area contributed by atoms with Gasteiger partial charge in [0.05, 0.1) is 17.7 Å². The van der Waals surface area contributed by atoms with E-state index in [9.17, 15) is 4.79 Å². The van der Waals surface area contributed by atoms with Crippen LogP contribution in [-0.2, 0) is 16.8 Å². The fraction of sp³-hybridized carbons (Fsp3) is 0.412. The van der Waals surface area contributed by atoms with Crippen LogP contribution in [0, 0.1) is 13.8 Å². The van der Waals surface area contributed by atoms with Crippen molar-refractivity contribution < 1.29 is 9.32 Å². The number of benzene rings is 1. The lowest BCUT2D eigenvalue weighted by molar-refractivity contribution is -0.133. The molecular weight excluding hydrogens is 300 g/mol. The highest BCUT2D eigenvalue weighted by Gasteiger charge is 2.52. The lowest BCUT2D eigenvalue weighted by Gasteiger charge is -2.24. The van der Waals surface area contributed by atoms with E-state index in [0.29, 0.717) is 11.6 Å². The van der Waals surface area contributed by atoms with Gasteiger partial charge in [-0.2, -0.15) is 0 Å². The van der Waals surface area contributed by atoms with Crippen molar-refractivity contribution in [3.8, 4) is 0 Å². The molecule has 0 saturated heterocycles. The van der Waals surface area contributed by atoms with Crippen molar-refractivity contribution in [2.45, 2.75) is 38.6 Å². The first kappa shape index (κ1) is 15.1. The molecule has 1 saturated carbocycles. The molecule has 0 unspecified atom stereocenters. The van der Waals surface area contributed by atoms with Crippen molar-refractivity contribution in [3.63, 3.8) is 0 Å². The maximum atomic E-state index is 12.9. The maximum absolute atomic E-state index is 12.9. The molecule has 0 spiro atoms. The van der Waals surface area contributed by atoms with E-state index < -0.39 is 5.41 Å². The molecule has 1 aliphatic rings. The number of amides is 1. The summed E-state index contributed by atoms with van der Waals surface area (Å²) < 4.78 is 5.17. The molecule has 0 radical (unpaired) electrons. The van der Waals surface area contributed by atoms with Gasteiger partial charge in [0, 0.05) is 17.6 Å². The molecule has 5 heteroatoms. The Balaban J connectivity index is 1.81. The van der Waals surface area contributed by atoms with E-state index in [1.165, 1.54) is 0 Å². The van der Waals surface area contributed by atoms with E-state index in [1.54, 1.807) is 4.90 Å². The summed E-state index contributed by atoms with van der Waals surface area (Å²) >= 11 is 6.07. The lowest BCUT2D eigenvalue weighted by atomic mass is 9.94. The predicted molar refractivity (Wildman–Crippen MR) is 84.8 cm³/mol. The normalized spacial score (nSPS) is 15.6. The van der Waals surface area contributed by atoms with Crippen molar-refractivity contribution in [1.29, 1.82) is 0 Å². The number of carbonyl (C=O) groups excluding carboxylic acids is 1. The number of aryl methyl sites for hydroxylation is 2. The Labute approximate surface area is 135 Å². The highest BCUT2D eigenvalue weighted by atomic mass is 35.5. The van der Waals surface area contributed by atoms with Crippen LogP contribution in [-0.4, -0.2) is 23.0 Å². The Kier molecular flexibility index (Phi) is 3.73. The van der Waals surface area contributed by atoms with Gasteiger partial charge in [0.25, 0.3) is 0 Å². The van der Waals surface area contributed by atoms with Gasteiger partial charge in [0.1, 0.15) is 5.76 Å². The van der Waals surface area contributed by atoms with E-state index in [0.717, 1.165) is 35.4 Å². The quantitative estimate of drug-likeness (QED) is 0.864. The van der Waals surface area contributed by atoms with Crippen LogP contribution in [0.4, 0.5) is 0 Å². The van der Waals surface area contributed by atoms with E-state index >= 15 is 0 Å². The van der Waals surface area contributed by atoms with Crippen molar-refractivity contribution >= 4 is 17.5 Å². The fourth-order valence-electron chi connectivity index (χ4n) is 2.94. The van der Waals surface area contributed by atoms with E-state index in [2.05, 4.69) is 5.16 Å². The predicted octanol–water partition coefficient (Wildman–Crippen LogP) is 3.64. The molecule has 1 aromatic carbocycles. The molecule has 0 N–H and O–H groups in total. The minimum absolute atomic E-state index is 0.134. The van der Waals surface area contributed by atoms with Gasteiger partial charge in [0.15, 0.2) is 0 Å².